The van der Waals surface area contributed by atoms with Crippen LogP contribution in [0, 0.1) is 11.5 Å². The van der Waals surface area contributed by atoms with Crippen LogP contribution >= 0.6 is 23.2 Å². The van der Waals surface area contributed by atoms with Gasteiger partial charge in [0.2, 0.25) is 5.96 Å². The molecule has 1 aromatic carbocycles. The van der Waals surface area contributed by atoms with Crippen LogP contribution < -0.4 is 5.32 Å². The second-order valence-corrected chi connectivity index (χ2v) is 7.87. The van der Waals surface area contributed by atoms with Gasteiger partial charge < -0.3 is 14.7 Å². The van der Waals surface area contributed by atoms with Gasteiger partial charge >= 0.3 is 0 Å². The number of nitrogens with zero attached hydrogens (tertiary/aromatic N) is 5. The summed E-state index contributed by atoms with van der Waals surface area (Å²) in [5.74, 6) is 0.541. The van der Waals surface area contributed by atoms with E-state index in [-0.39, 0.29) is 0 Å². The zero-order chi connectivity index (χ0) is 20.4. The van der Waals surface area contributed by atoms with Crippen LogP contribution in [-0.4, -0.2) is 73.5 Å². The maximum Gasteiger partial charge on any atom is 0.212 e. The van der Waals surface area contributed by atoms with E-state index >= 15 is 0 Å². The number of likely N-dealkylation sites (N-methyl/N-ethyl adjacent to an activating group) is 1. The van der Waals surface area contributed by atoms with Crippen molar-refractivity contribution in [3.05, 3.63) is 28.2 Å². The van der Waals surface area contributed by atoms with Crippen LogP contribution in [0.3, 0.4) is 0 Å². The molecule has 0 unspecified atom stereocenters. The fraction of sp³-hybridized carbons (Fsp3) is 0.600. The Bertz CT molecular complexity index is 674. The number of hydrogen-bond donors (Lipinski definition) is 1. The van der Waals surface area contributed by atoms with Crippen molar-refractivity contribution >= 4 is 34.8 Å². The number of benzene rings is 1. The van der Waals surface area contributed by atoms with E-state index in [1.165, 1.54) is 38.9 Å². The molecule has 2 aliphatic heterocycles. The predicted molar refractivity (Wildman–Crippen MR) is 117 cm³/mol. The topological polar surface area (TPSA) is 57.9 Å². The van der Waals surface area contributed by atoms with Gasteiger partial charge in [-0.25, -0.2) is 4.99 Å². The van der Waals surface area contributed by atoms with Crippen LogP contribution in [-0.2, 0) is 0 Å². The summed E-state index contributed by atoms with van der Waals surface area (Å²) in [4.78, 5) is 11.2. The Labute approximate surface area is 178 Å². The quantitative estimate of drug-likeness (QED) is 0.338. The number of guanidine groups is 1. The molecular formula is C20H30Cl2N6. The van der Waals surface area contributed by atoms with E-state index in [0.717, 1.165) is 26.2 Å². The molecule has 0 spiro atoms. The van der Waals surface area contributed by atoms with E-state index in [4.69, 9.17) is 28.5 Å². The highest BCUT2D eigenvalue weighted by atomic mass is 35.5. The molecule has 6 nitrogen and oxygen atoms in total. The van der Waals surface area contributed by atoms with Gasteiger partial charge in [0.25, 0.3) is 0 Å². The molecule has 1 aromatic rings. The third-order valence-electron chi connectivity index (χ3n) is 5.00. The Hall–Kier alpha value is -1.52. The van der Waals surface area contributed by atoms with Crippen molar-refractivity contribution in [2.24, 2.45) is 4.99 Å². The number of aliphatic imine (C=N–C) groups is 1. The van der Waals surface area contributed by atoms with Crippen LogP contribution in [0.15, 0.2) is 23.2 Å². The van der Waals surface area contributed by atoms with Crippen molar-refractivity contribution in [1.29, 1.82) is 5.26 Å². The molecule has 28 heavy (non-hydrogen) atoms. The number of piperidine rings is 1. The van der Waals surface area contributed by atoms with Crippen molar-refractivity contribution in [3.63, 3.8) is 0 Å². The fourth-order valence-corrected chi connectivity index (χ4v) is 3.49. The minimum atomic E-state index is 0.447. The van der Waals surface area contributed by atoms with E-state index in [1.54, 1.807) is 18.2 Å². The Kier molecular flexibility index (Phi) is 9.86. The van der Waals surface area contributed by atoms with Gasteiger partial charge in [0.05, 0.1) is 15.7 Å². The molecule has 0 atom stereocenters. The maximum absolute atomic E-state index is 8.87. The third kappa shape index (κ3) is 7.48. The number of piperazine rings is 1. The van der Waals surface area contributed by atoms with E-state index in [9.17, 15) is 0 Å². The molecule has 154 valence electrons. The highest BCUT2D eigenvalue weighted by molar-refractivity contribution is 6.42. The van der Waals surface area contributed by atoms with Gasteiger partial charge in [-0.05, 0) is 57.7 Å². The molecule has 3 rings (SSSR count). The molecule has 0 radical (unpaired) electrons. The van der Waals surface area contributed by atoms with Gasteiger partial charge in [-0.2, -0.15) is 5.26 Å². The first-order valence-electron chi connectivity index (χ1n) is 9.88. The summed E-state index contributed by atoms with van der Waals surface area (Å²) in [5, 5.41) is 12.4. The first-order chi connectivity index (χ1) is 13.5. The molecular weight excluding hydrogens is 395 g/mol. The Morgan fingerprint density at radius 1 is 1.07 bits per heavy atom. The lowest BCUT2D eigenvalue weighted by atomic mass is 10.1. The van der Waals surface area contributed by atoms with Crippen molar-refractivity contribution in [3.8, 4) is 6.19 Å². The normalized spacial score (nSPS) is 18.8. The number of nitrogens with one attached hydrogen (secondary N) is 1. The van der Waals surface area contributed by atoms with E-state index < -0.39 is 0 Å². The van der Waals surface area contributed by atoms with Crippen LogP contribution in [0.25, 0.3) is 0 Å². The zero-order valence-corrected chi connectivity index (χ0v) is 18.3. The summed E-state index contributed by atoms with van der Waals surface area (Å²) < 4.78 is 0. The molecule has 2 saturated heterocycles. The summed E-state index contributed by atoms with van der Waals surface area (Å²) in [6, 6.07) is 5.14. The first kappa shape index (κ1) is 22.8. The fourth-order valence-electron chi connectivity index (χ4n) is 3.20. The van der Waals surface area contributed by atoms with Crippen LogP contribution in [0.1, 0.15) is 26.2 Å². The smallest absolute Gasteiger partial charge is 0.212 e. The SMILES string of the molecule is CCN1CCCCC1.CN1CCN(C(=Nc2ccc(Cl)c(Cl)c2)NC#N)CC1. The highest BCUT2D eigenvalue weighted by Crippen LogP contribution is 2.26. The van der Waals surface area contributed by atoms with E-state index in [0.29, 0.717) is 21.7 Å². The number of halogens is 2. The molecule has 2 heterocycles. The van der Waals surface area contributed by atoms with Crippen molar-refractivity contribution < 1.29 is 0 Å². The molecule has 0 bridgehead atoms. The molecule has 0 saturated carbocycles. The van der Waals surface area contributed by atoms with Gasteiger partial charge in [-0.1, -0.05) is 36.5 Å². The van der Waals surface area contributed by atoms with Crippen molar-refractivity contribution in [2.45, 2.75) is 26.2 Å². The molecule has 0 amide bonds. The summed E-state index contributed by atoms with van der Waals surface area (Å²) in [6.45, 7) is 9.70. The number of hydrogen-bond acceptors (Lipinski definition) is 4. The first-order valence-corrected chi connectivity index (χ1v) is 10.6. The standard InChI is InChI=1S/C13H15Cl2N5.C7H15N/c1-19-4-6-20(7-5-19)13(17-9-16)18-10-2-3-11(14)12(15)8-10;1-2-8-6-4-3-5-7-8/h2-3,8H,4-7H2,1H3,(H,17,18);2-7H2,1H3. The van der Waals surface area contributed by atoms with Crippen molar-refractivity contribution in [2.75, 3.05) is 52.9 Å². The number of nitriles is 1. The second kappa shape index (κ2) is 12.1. The van der Waals surface area contributed by atoms with Gasteiger partial charge in [0, 0.05) is 26.2 Å². The minimum absolute atomic E-state index is 0.447. The minimum Gasteiger partial charge on any atom is -0.339 e. The van der Waals surface area contributed by atoms with Gasteiger partial charge in [-0.15, -0.1) is 0 Å². The van der Waals surface area contributed by atoms with Crippen molar-refractivity contribution in [1.82, 2.24) is 20.0 Å². The van der Waals surface area contributed by atoms with Crippen LogP contribution in [0.2, 0.25) is 10.0 Å². The Balaban J connectivity index is 0.000000292. The lowest BCUT2D eigenvalue weighted by Crippen LogP contribution is -2.50. The Morgan fingerprint density at radius 3 is 2.29 bits per heavy atom. The summed E-state index contributed by atoms with van der Waals surface area (Å²) in [5.41, 5.74) is 0.663. The van der Waals surface area contributed by atoms with Crippen LogP contribution in [0.5, 0.6) is 0 Å². The monoisotopic (exact) mass is 424 g/mol. The van der Waals surface area contributed by atoms with Gasteiger partial charge in [-0.3, -0.25) is 5.32 Å². The van der Waals surface area contributed by atoms with Gasteiger partial charge in [0.1, 0.15) is 0 Å². The maximum atomic E-state index is 8.87. The molecule has 8 heteroatoms. The summed E-state index contributed by atoms with van der Waals surface area (Å²) in [6.07, 6.45) is 6.23. The predicted octanol–water partition coefficient (Wildman–Crippen LogP) is 3.79. The lowest BCUT2D eigenvalue weighted by molar-refractivity contribution is 0.213. The third-order valence-corrected chi connectivity index (χ3v) is 5.74. The van der Waals surface area contributed by atoms with Gasteiger partial charge in [0.15, 0.2) is 6.19 Å². The van der Waals surface area contributed by atoms with E-state index in [1.807, 2.05) is 11.1 Å². The average Bonchev–Trinajstić information content (AvgIpc) is 2.72. The second-order valence-electron chi connectivity index (χ2n) is 7.06. The molecule has 0 aromatic heterocycles. The molecule has 2 fully saturated rings. The molecule has 0 aliphatic carbocycles. The average molecular weight is 425 g/mol. The number of likely N-dealkylation sites (tertiary alicyclic amines) is 1. The summed E-state index contributed by atoms with van der Waals surface area (Å²) >= 11 is 11.9. The highest BCUT2D eigenvalue weighted by Gasteiger charge is 2.17. The number of rotatable bonds is 2. The molecule has 1 N–H and O–H groups in total. The Morgan fingerprint density at radius 2 is 1.75 bits per heavy atom. The largest absolute Gasteiger partial charge is 0.339 e. The van der Waals surface area contributed by atoms with E-state index in [2.05, 4.69) is 34.1 Å². The molecule has 2 aliphatic rings. The zero-order valence-electron chi connectivity index (χ0n) is 16.8. The lowest BCUT2D eigenvalue weighted by Gasteiger charge is -2.33. The van der Waals surface area contributed by atoms with Crippen LogP contribution in [0.4, 0.5) is 5.69 Å². The summed E-state index contributed by atoms with van der Waals surface area (Å²) in [7, 11) is 2.07.